The summed E-state index contributed by atoms with van der Waals surface area (Å²) in [6.07, 6.45) is 0. The number of amides is 1. The van der Waals surface area contributed by atoms with Gasteiger partial charge in [0.1, 0.15) is 10.7 Å². The molecule has 4 nitrogen and oxygen atoms in total. The maximum Gasteiger partial charge on any atom is 0.273 e. The molecule has 0 fully saturated rings. The van der Waals surface area contributed by atoms with E-state index in [0.717, 1.165) is 10.6 Å². The lowest BCUT2D eigenvalue weighted by atomic mass is 10.2. The Hall–Kier alpha value is -1.14. The highest BCUT2D eigenvalue weighted by Gasteiger charge is 2.18. The summed E-state index contributed by atoms with van der Waals surface area (Å²) in [7, 11) is 0. The average molecular weight is 346 g/mol. The fourth-order valence-corrected chi connectivity index (χ4v) is 2.67. The van der Waals surface area contributed by atoms with Crippen molar-refractivity contribution in [2.24, 2.45) is 5.73 Å². The Bertz CT molecular complexity index is 603. The van der Waals surface area contributed by atoms with Gasteiger partial charge in [-0.15, -0.1) is 23.7 Å². The molecular weight excluding hydrogens is 329 g/mol. The van der Waals surface area contributed by atoms with Gasteiger partial charge in [0.2, 0.25) is 0 Å². The molecule has 1 aromatic carbocycles. The lowest BCUT2D eigenvalue weighted by Crippen LogP contribution is -2.30. The van der Waals surface area contributed by atoms with Crippen molar-refractivity contribution in [2.75, 3.05) is 6.54 Å². The van der Waals surface area contributed by atoms with Gasteiger partial charge >= 0.3 is 0 Å². The topological polar surface area (TPSA) is 59.2 Å². The molecule has 0 aliphatic carbocycles. The largest absolute Gasteiger partial charge is 0.333 e. The Morgan fingerprint density at radius 2 is 2.14 bits per heavy atom. The number of aromatic nitrogens is 1. The van der Waals surface area contributed by atoms with Gasteiger partial charge in [0.05, 0.1) is 0 Å². The van der Waals surface area contributed by atoms with Crippen molar-refractivity contribution >= 4 is 41.3 Å². The third-order valence-electron chi connectivity index (χ3n) is 2.93. The van der Waals surface area contributed by atoms with Gasteiger partial charge < -0.3 is 10.6 Å². The molecule has 7 heteroatoms. The Morgan fingerprint density at radius 1 is 1.43 bits per heavy atom. The second kappa shape index (κ2) is 8.34. The fourth-order valence-electron chi connectivity index (χ4n) is 1.82. The summed E-state index contributed by atoms with van der Waals surface area (Å²) in [5.74, 6) is -0.0941. The normalized spacial score (nSPS) is 10.0. The minimum atomic E-state index is -0.0941. The van der Waals surface area contributed by atoms with Crippen LogP contribution in [0.25, 0.3) is 0 Å². The van der Waals surface area contributed by atoms with Gasteiger partial charge in [-0.2, -0.15) is 0 Å². The van der Waals surface area contributed by atoms with Crippen LogP contribution in [0, 0.1) is 0 Å². The number of benzene rings is 1. The molecule has 0 radical (unpaired) electrons. The van der Waals surface area contributed by atoms with E-state index in [1.165, 1.54) is 11.3 Å². The number of nitrogens with zero attached hydrogens (tertiary/aromatic N) is 2. The molecule has 114 valence electrons. The van der Waals surface area contributed by atoms with E-state index >= 15 is 0 Å². The first-order valence-electron chi connectivity index (χ1n) is 6.32. The fraction of sp³-hybridized carbons (Fsp3) is 0.286. The van der Waals surface area contributed by atoms with Crippen LogP contribution in [0.1, 0.15) is 28.0 Å². The summed E-state index contributed by atoms with van der Waals surface area (Å²) in [4.78, 5) is 18.4. The number of carbonyl (C=O) groups excluding carboxylic acids is 1. The minimum absolute atomic E-state index is 0. The van der Waals surface area contributed by atoms with Crippen molar-refractivity contribution in [2.45, 2.75) is 20.0 Å². The van der Waals surface area contributed by atoms with Crippen molar-refractivity contribution in [3.05, 3.63) is 50.9 Å². The van der Waals surface area contributed by atoms with E-state index in [-0.39, 0.29) is 18.3 Å². The van der Waals surface area contributed by atoms with Gasteiger partial charge in [-0.3, -0.25) is 4.79 Å². The quantitative estimate of drug-likeness (QED) is 0.903. The molecule has 0 saturated heterocycles. The molecule has 0 saturated carbocycles. The second-order valence-corrected chi connectivity index (χ2v) is 5.59. The van der Waals surface area contributed by atoms with E-state index in [1.54, 1.807) is 10.3 Å². The van der Waals surface area contributed by atoms with Crippen molar-refractivity contribution < 1.29 is 4.79 Å². The zero-order valence-corrected chi connectivity index (χ0v) is 14.0. The zero-order valence-electron chi connectivity index (χ0n) is 11.6. The summed E-state index contributed by atoms with van der Waals surface area (Å²) in [5.41, 5.74) is 6.90. The number of thiazole rings is 1. The Kier molecular flexibility index (Phi) is 7.11. The standard InChI is InChI=1S/C14H16ClN3OS.ClH/c1-2-18(8-10-5-3-4-6-11(10)15)14(19)12-9-20-13(7-16)17-12;/h3-6,9H,2,7-8,16H2,1H3;1H. The molecule has 1 amide bonds. The molecule has 1 heterocycles. The van der Waals surface area contributed by atoms with E-state index in [1.807, 2.05) is 31.2 Å². The third-order valence-corrected chi connectivity index (χ3v) is 4.17. The highest BCUT2D eigenvalue weighted by Crippen LogP contribution is 2.19. The van der Waals surface area contributed by atoms with Crippen LogP contribution >= 0.6 is 35.3 Å². The molecular formula is C14H17Cl2N3OS. The number of hydrogen-bond acceptors (Lipinski definition) is 4. The summed E-state index contributed by atoms with van der Waals surface area (Å²) in [5, 5.41) is 3.18. The molecule has 2 N–H and O–H groups in total. The van der Waals surface area contributed by atoms with Gasteiger partial charge in [-0.25, -0.2) is 4.98 Å². The van der Waals surface area contributed by atoms with E-state index in [4.69, 9.17) is 17.3 Å². The Balaban J connectivity index is 0.00000220. The van der Waals surface area contributed by atoms with Gasteiger partial charge in [-0.05, 0) is 18.6 Å². The second-order valence-electron chi connectivity index (χ2n) is 4.24. The predicted octanol–water partition coefficient (Wildman–Crippen LogP) is 3.34. The summed E-state index contributed by atoms with van der Waals surface area (Å²) < 4.78 is 0. The summed E-state index contributed by atoms with van der Waals surface area (Å²) >= 11 is 7.54. The maximum atomic E-state index is 12.4. The van der Waals surface area contributed by atoms with Crippen LogP contribution in [-0.2, 0) is 13.1 Å². The predicted molar refractivity (Wildman–Crippen MR) is 89.1 cm³/mol. The van der Waals surface area contributed by atoms with Gasteiger partial charge in [0.15, 0.2) is 0 Å². The maximum absolute atomic E-state index is 12.4. The monoisotopic (exact) mass is 345 g/mol. The highest BCUT2D eigenvalue weighted by molar-refractivity contribution is 7.09. The van der Waals surface area contributed by atoms with Crippen molar-refractivity contribution in [1.82, 2.24) is 9.88 Å². The number of rotatable bonds is 5. The average Bonchev–Trinajstić information content (AvgIpc) is 2.94. The van der Waals surface area contributed by atoms with Crippen LogP contribution in [0.2, 0.25) is 5.02 Å². The zero-order chi connectivity index (χ0) is 14.5. The first-order chi connectivity index (χ1) is 9.65. The highest BCUT2D eigenvalue weighted by atomic mass is 35.5. The number of nitrogens with two attached hydrogens (primary N) is 1. The van der Waals surface area contributed by atoms with Crippen molar-refractivity contribution in [1.29, 1.82) is 0 Å². The number of halogens is 2. The molecule has 0 unspecified atom stereocenters. The minimum Gasteiger partial charge on any atom is -0.333 e. The van der Waals surface area contributed by atoms with E-state index in [0.29, 0.717) is 30.4 Å². The Morgan fingerprint density at radius 3 is 2.71 bits per heavy atom. The van der Waals surface area contributed by atoms with Crippen LogP contribution in [0.15, 0.2) is 29.6 Å². The lowest BCUT2D eigenvalue weighted by Gasteiger charge is -2.20. The first-order valence-corrected chi connectivity index (χ1v) is 7.58. The van der Waals surface area contributed by atoms with E-state index in [2.05, 4.69) is 4.98 Å². The third kappa shape index (κ3) is 4.41. The first kappa shape index (κ1) is 17.9. The molecule has 21 heavy (non-hydrogen) atoms. The van der Waals surface area contributed by atoms with Crippen LogP contribution in [0.4, 0.5) is 0 Å². The Labute approximate surface area is 139 Å². The summed E-state index contributed by atoms with van der Waals surface area (Å²) in [6, 6.07) is 7.53. The van der Waals surface area contributed by atoms with Crippen molar-refractivity contribution in [3.63, 3.8) is 0 Å². The number of carbonyl (C=O) groups is 1. The molecule has 1 aromatic heterocycles. The molecule has 0 spiro atoms. The van der Waals surface area contributed by atoms with Crippen LogP contribution in [0.5, 0.6) is 0 Å². The lowest BCUT2D eigenvalue weighted by molar-refractivity contribution is 0.0747. The van der Waals surface area contributed by atoms with Crippen molar-refractivity contribution in [3.8, 4) is 0 Å². The van der Waals surface area contributed by atoms with Gasteiger partial charge in [-0.1, -0.05) is 29.8 Å². The van der Waals surface area contributed by atoms with Crippen LogP contribution in [-0.4, -0.2) is 22.3 Å². The molecule has 2 aromatic rings. The van der Waals surface area contributed by atoms with Gasteiger partial charge in [0, 0.05) is 30.0 Å². The smallest absolute Gasteiger partial charge is 0.273 e. The SMILES string of the molecule is CCN(Cc1ccccc1Cl)C(=O)c1csc(CN)n1.Cl. The molecule has 2 rings (SSSR count). The molecule has 0 bridgehead atoms. The van der Waals surface area contributed by atoms with Crippen LogP contribution < -0.4 is 5.73 Å². The molecule has 0 aliphatic heterocycles. The van der Waals surface area contributed by atoms with E-state index < -0.39 is 0 Å². The van der Waals surface area contributed by atoms with Crippen LogP contribution in [0.3, 0.4) is 0 Å². The number of hydrogen-bond donors (Lipinski definition) is 1. The summed E-state index contributed by atoms with van der Waals surface area (Å²) in [6.45, 7) is 3.36. The molecule has 0 aliphatic rings. The molecule has 0 atom stereocenters. The van der Waals surface area contributed by atoms with Gasteiger partial charge in [0.25, 0.3) is 5.91 Å². The van der Waals surface area contributed by atoms with E-state index in [9.17, 15) is 4.79 Å².